The first-order chi connectivity index (χ1) is 6.85. The predicted molar refractivity (Wildman–Crippen MR) is 61.0 cm³/mol. The smallest absolute Gasteiger partial charge is 0.408 e. The Kier molecular flexibility index (Phi) is 6.31. The van der Waals surface area contributed by atoms with E-state index in [1.807, 2.05) is 0 Å². The van der Waals surface area contributed by atoms with Gasteiger partial charge >= 0.3 is 6.09 Å². The van der Waals surface area contributed by atoms with Crippen molar-refractivity contribution in [2.45, 2.75) is 26.4 Å². The van der Waals surface area contributed by atoms with E-state index in [4.69, 9.17) is 4.74 Å². The van der Waals surface area contributed by atoms with Crippen molar-refractivity contribution in [3.63, 3.8) is 0 Å². The molecular formula is C9H17BrN2O3. The minimum Gasteiger partial charge on any atom is -0.444 e. The third kappa shape index (κ3) is 9.52. The minimum absolute atomic E-state index is 0.0675. The lowest BCUT2D eigenvalue weighted by Gasteiger charge is -2.19. The molecule has 5 nitrogen and oxygen atoms in total. The first-order valence-corrected chi connectivity index (χ1v) is 5.77. The van der Waals surface area contributed by atoms with E-state index in [9.17, 15) is 9.59 Å². The molecule has 0 fully saturated rings. The Labute approximate surface area is 98.1 Å². The summed E-state index contributed by atoms with van der Waals surface area (Å²) in [6.07, 6.45) is -0.587. The van der Waals surface area contributed by atoms with E-state index in [-0.39, 0.29) is 12.5 Å². The Morgan fingerprint density at radius 3 is 2.33 bits per heavy atom. The van der Waals surface area contributed by atoms with E-state index in [2.05, 4.69) is 26.6 Å². The second kappa shape index (κ2) is 6.66. The van der Waals surface area contributed by atoms with Crippen LogP contribution in [0.3, 0.4) is 0 Å². The summed E-state index contributed by atoms with van der Waals surface area (Å²) >= 11 is 3.17. The van der Waals surface area contributed by atoms with Crippen LogP contribution in [0, 0.1) is 0 Å². The number of alkyl carbamates (subject to hydrolysis) is 1. The Balaban J connectivity index is 3.67. The fraction of sp³-hybridized carbons (Fsp3) is 0.778. The number of nitrogens with one attached hydrogen (secondary N) is 2. The average molecular weight is 281 g/mol. The molecule has 0 bridgehead atoms. The van der Waals surface area contributed by atoms with Crippen LogP contribution in [0.2, 0.25) is 0 Å². The van der Waals surface area contributed by atoms with Gasteiger partial charge in [0.05, 0.1) is 6.54 Å². The molecule has 0 aliphatic heterocycles. The third-order valence-corrected chi connectivity index (χ3v) is 1.61. The molecular weight excluding hydrogens is 264 g/mol. The molecule has 0 heterocycles. The molecule has 0 aromatic heterocycles. The molecule has 0 aliphatic rings. The van der Waals surface area contributed by atoms with Gasteiger partial charge in [0.15, 0.2) is 0 Å². The summed E-state index contributed by atoms with van der Waals surface area (Å²) in [5, 5.41) is 5.64. The zero-order valence-corrected chi connectivity index (χ0v) is 10.8. The summed E-state index contributed by atoms with van der Waals surface area (Å²) in [5.74, 6) is -0.236. The van der Waals surface area contributed by atoms with Crippen molar-refractivity contribution in [3.05, 3.63) is 0 Å². The van der Waals surface area contributed by atoms with Crippen LogP contribution in [-0.2, 0) is 9.53 Å². The van der Waals surface area contributed by atoms with Gasteiger partial charge in [0.25, 0.3) is 0 Å². The van der Waals surface area contributed by atoms with E-state index < -0.39 is 11.7 Å². The van der Waals surface area contributed by atoms with Gasteiger partial charge in [0, 0.05) is 11.9 Å². The first-order valence-electron chi connectivity index (χ1n) is 4.64. The van der Waals surface area contributed by atoms with E-state index in [0.717, 1.165) is 0 Å². The highest BCUT2D eigenvalue weighted by Gasteiger charge is 2.16. The Morgan fingerprint density at radius 2 is 1.87 bits per heavy atom. The normalized spacial score (nSPS) is 10.7. The number of alkyl halides is 1. The van der Waals surface area contributed by atoms with Crippen molar-refractivity contribution in [3.8, 4) is 0 Å². The lowest BCUT2D eigenvalue weighted by Crippen LogP contribution is -2.40. The Hall–Kier alpha value is -0.780. The molecule has 88 valence electrons. The summed E-state index contributed by atoms with van der Waals surface area (Å²) in [5.41, 5.74) is -0.545. The van der Waals surface area contributed by atoms with Gasteiger partial charge in [0.1, 0.15) is 5.60 Å². The third-order valence-electron chi connectivity index (χ3n) is 1.21. The number of rotatable bonds is 4. The molecule has 0 saturated carbocycles. The number of carbonyl (C=O) groups is 2. The number of halogens is 1. The molecule has 0 aromatic rings. The quantitative estimate of drug-likeness (QED) is 0.756. The Morgan fingerprint density at radius 1 is 1.27 bits per heavy atom. The van der Waals surface area contributed by atoms with Crippen LogP contribution < -0.4 is 10.6 Å². The van der Waals surface area contributed by atoms with Gasteiger partial charge in [-0.25, -0.2) is 4.79 Å². The van der Waals surface area contributed by atoms with Crippen LogP contribution in [-0.4, -0.2) is 36.0 Å². The molecule has 2 amide bonds. The van der Waals surface area contributed by atoms with Crippen molar-refractivity contribution >= 4 is 27.9 Å². The van der Waals surface area contributed by atoms with Gasteiger partial charge in [-0.3, -0.25) is 4.79 Å². The number of amides is 2. The van der Waals surface area contributed by atoms with Crippen LogP contribution in [0.25, 0.3) is 0 Å². The van der Waals surface area contributed by atoms with Crippen LogP contribution in [0.1, 0.15) is 20.8 Å². The first kappa shape index (κ1) is 14.2. The zero-order valence-electron chi connectivity index (χ0n) is 9.22. The standard InChI is InChI=1S/C9H17BrN2O3/c1-9(2,3)15-8(14)12-6-7(13)11-5-4-10/h4-6H2,1-3H3,(H,11,13)(H,12,14). The fourth-order valence-corrected chi connectivity index (χ4v) is 0.914. The van der Waals surface area contributed by atoms with E-state index in [1.165, 1.54) is 0 Å². The SMILES string of the molecule is CC(C)(C)OC(=O)NCC(=O)NCCBr. The summed E-state index contributed by atoms with van der Waals surface area (Å²) in [6.45, 7) is 5.75. The highest BCUT2D eigenvalue weighted by Crippen LogP contribution is 2.05. The number of ether oxygens (including phenoxy) is 1. The fourth-order valence-electron chi connectivity index (χ4n) is 0.716. The highest BCUT2D eigenvalue weighted by atomic mass is 79.9. The number of hydrogen-bond donors (Lipinski definition) is 2. The molecule has 0 atom stereocenters. The highest BCUT2D eigenvalue weighted by molar-refractivity contribution is 9.09. The molecule has 15 heavy (non-hydrogen) atoms. The maximum Gasteiger partial charge on any atom is 0.408 e. The van der Waals surface area contributed by atoms with Crippen molar-refractivity contribution < 1.29 is 14.3 Å². The maximum atomic E-state index is 11.1. The lowest BCUT2D eigenvalue weighted by atomic mass is 10.2. The van der Waals surface area contributed by atoms with Gasteiger partial charge in [-0.05, 0) is 20.8 Å². The Bertz CT molecular complexity index is 226. The van der Waals surface area contributed by atoms with Gasteiger partial charge in [-0.15, -0.1) is 0 Å². The molecule has 0 rings (SSSR count). The molecule has 2 N–H and O–H groups in total. The molecule has 6 heteroatoms. The summed E-state index contributed by atoms with van der Waals surface area (Å²) < 4.78 is 4.95. The van der Waals surface area contributed by atoms with Crippen LogP contribution in [0.5, 0.6) is 0 Å². The molecule has 0 aromatic carbocycles. The van der Waals surface area contributed by atoms with Crippen LogP contribution in [0.15, 0.2) is 0 Å². The van der Waals surface area contributed by atoms with E-state index >= 15 is 0 Å². The van der Waals surface area contributed by atoms with Crippen molar-refractivity contribution in [1.29, 1.82) is 0 Å². The average Bonchev–Trinajstić information content (AvgIpc) is 2.08. The van der Waals surface area contributed by atoms with Gasteiger partial charge in [0.2, 0.25) is 5.91 Å². The van der Waals surface area contributed by atoms with Gasteiger partial charge in [-0.1, -0.05) is 15.9 Å². The van der Waals surface area contributed by atoms with E-state index in [0.29, 0.717) is 11.9 Å². The molecule has 0 radical (unpaired) electrons. The topological polar surface area (TPSA) is 67.4 Å². The summed E-state index contributed by atoms with van der Waals surface area (Å²) in [7, 11) is 0. The van der Waals surface area contributed by atoms with Crippen LogP contribution >= 0.6 is 15.9 Å². The largest absolute Gasteiger partial charge is 0.444 e. The predicted octanol–water partition coefficient (Wildman–Crippen LogP) is 1.02. The molecule has 0 spiro atoms. The van der Waals surface area contributed by atoms with E-state index in [1.54, 1.807) is 20.8 Å². The van der Waals surface area contributed by atoms with Gasteiger partial charge < -0.3 is 15.4 Å². The summed E-state index contributed by atoms with van der Waals surface area (Å²) in [6, 6.07) is 0. The number of hydrogen-bond acceptors (Lipinski definition) is 3. The van der Waals surface area contributed by atoms with Crippen LogP contribution in [0.4, 0.5) is 4.79 Å². The lowest BCUT2D eigenvalue weighted by molar-refractivity contribution is -0.120. The minimum atomic E-state index is -0.587. The number of carbonyl (C=O) groups excluding carboxylic acids is 2. The molecule has 0 aliphatic carbocycles. The summed E-state index contributed by atoms with van der Waals surface area (Å²) in [4.78, 5) is 22.2. The van der Waals surface area contributed by atoms with Crippen molar-refractivity contribution in [2.24, 2.45) is 0 Å². The second-order valence-electron chi connectivity index (χ2n) is 3.89. The molecule has 0 unspecified atom stereocenters. The van der Waals surface area contributed by atoms with Gasteiger partial charge in [-0.2, -0.15) is 0 Å². The monoisotopic (exact) mass is 280 g/mol. The maximum absolute atomic E-state index is 11.1. The molecule has 0 saturated heterocycles. The van der Waals surface area contributed by atoms with Crippen molar-refractivity contribution in [2.75, 3.05) is 18.4 Å². The second-order valence-corrected chi connectivity index (χ2v) is 4.69. The zero-order chi connectivity index (χ0) is 11.9. The van der Waals surface area contributed by atoms with Crippen molar-refractivity contribution in [1.82, 2.24) is 10.6 Å².